The van der Waals surface area contributed by atoms with Gasteiger partial charge in [-0.2, -0.15) is 10.1 Å². The number of rotatable bonds is 8. The van der Waals surface area contributed by atoms with Crippen LogP contribution in [0.3, 0.4) is 0 Å². The molecule has 2 heterocycles. The molecule has 0 unspecified atom stereocenters. The zero-order valence-electron chi connectivity index (χ0n) is 19.8. The van der Waals surface area contributed by atoms with Crippen molar-refractivity contribution in [2.24, 2.45) is 19.2 Å². The minimum absolute atomic E-state index is 0.326. The summed E-state index contributed by atoms with van der Waals surface area (Å²) in [6, 6.07) is 17.7. The number of hydrogen-bond donors (Lipinski definition) is 1. The van der Waals surface area contributed by atoms with Crippen molar-refractivity contribution in [3.63, 3.8) is 0 Å². The lowest BCUT2D eigenvalue weighted by Gasteiger charge is -2.10. The van der Waals surface area contributed by atoms with Crippen LogP contribution in [0.4, 0.5) is 5.95 Å². The maximum absolute atomic E-state index is 13.0. The molecule has 0 aliphatic rings. The quantitative estimate of drug-likeness (QED) is 0.322. The number of ether oxygens (including phenoxy) is 1. The Morgan fingerprint density at radius 2 is 1.74 bits per heavy atom. The van der Waals surface area contributed by atoms with E-state index in [0.29, 0.717) is 23.7 Å². The maximum Gasteiger partial charge on any atom is 0.332 e. The van der Waals surface area contributed by atoms with Gasteiger partial charge in [-0.25, -0.2) is 10.2 Å². The Balaban J connectivity index is 1.69. The van der Waals surface area contributed by atoms with Crippen LogP contribution >= 0.6 is 0 Å². The largest absolute Gasteiger partial charge is 0.497 e. The number of nitrogens with zero attached hydrogens (tertiary/aromatic N) is 5. The third-order valence-corrected chi connectivity index (χ3v) is 5.87. The molecular formula is C25H28N6O3. The van der Waals surface area contributed by atoms with E-state index in [0.717, 1.165) is 34.4 Å². The fraction of sp³-hybridized carbons (Fsp3) is 0.280. The van der Waals surface area contributed by atoms with Crippen LogP contribution in [0.1, 0.15) is 24.5 Å². The summed E-state index contributed by atoms with van der Waals surface area (Å²) < 4.78 is 9.51. The van der Waals surface area contributed by atoms with Crippen molar-refractivity contribution >= 4 is 22.8 Å². The van der Waals surface area contributed by atoms with Gasteiger partial charge in [0.1, 0.15) is 5.75 Å². The van der Waals surface area contributed by atoms with Crippen molar-refractivity contribution in [2.75, 3.05) is 12.5 Å². The van der Waals surface area contributed by atoms with Gasteiger partial charge in [-0.05, 0) is 55.2 Å². The van der Waals surface area contributed by atoms with Crippen LogP contribution in [0.5, 0.6) is 5.75 Å². The number of nitrogens with one attached hydrogen (secondary N) is 1. The third kappa shape index (κ3) is 4.50. The van der Waals surface area contributed by atoms with Gasteiger partial charge in [0, 0.05) is 20.6 Å². The van der Waals surface area contributed by atoms with E-state index in [-0.39, 0.29) is 5.56 Å². The van der Waals surface area contributed by atoms with E-state index in [2.05, 4.69) is 27.6 Å². The minimum Gasteiger partial charge on any atom is -0.497 e. The van der Waals surface area contributed by atoms with Gasteiger partial charge in [0.25, 0.3) is 5.56 Å². The molecule has 0 saturated heterocycles. The molecule has 9 nitrogen and oxygen atoms in total. The summed E-state index contributed by atoms with van der Waals surface area (Å²) in [5.41, 5.74) is 5.80. The summed E-state index contributed by atoms with van der Waals surface area (Å²) in [7, 11) is 4.71. The number of hydrogen-bond acceptors (Lipinski definition) is 6. The molecule has 9 heteroatoms. The first-order valence-corrected chi connectivity index (χ1v) is 11.1. The third-order valence-electron chi connectivity index (χ3n) is 5.87. The second-order valence-corrected chi connectivity index (χ2v) is 8.09. The standard InChI is InChI=1S/C25H28N6O3/c1-17(19-12-14-20(34-4)15-13-19)27-28-24-26-22-21(23(32)30(3)25(33)29(22)2)31(24)16-8-11-18-9-6-5-7-10-18/h5-7,9-10,12-15H,8,11,16H2,1-4H3,(H,26,28)/b27-17+. The first-order chi connectivity index (χ1) is 16.4. The Bertz CT molecular complexity index is 1450. The average molecular weight is 461 g/mol. The van der Waals surface area contributed by atoms with Crippen LogP contribution in [-0.2, 0) is 27.1 Å². The van der Waals surface area contributed by atoms with E-state index in [4.69, 9.17) is 4.74 Å². The molecule has 0 radical (unpaired) electrons. The Kier molecular flexibility index (Phi) is 6.62. The van der Waals surface area contributed by atoms with E-state index in [1.165, 1.54) is 17.2 Å². The minimum atomic E-state index is -0.420. The molecule has 0 aliphatic heterocycles. The maximum atomic E-state index is 13.0. The summed E-state index contributed by atoms with van der Waals surface area (Å²) in [6.07, 6.45) is 1.64. The second-order valence-electron chi connectivity index (χ2n) is 8.09. The molecule has 4 aromatic rings. The lowest BCUT2D eigenvalue weighted by atomic mass is 10.1. The van der Waals surface area contributed by atoms with Crippen molar-refractivity contribution < 1.29 is 4.74 Å². The number of aromatic nitrogens is 4. The number of imidazole rings is 1. The Morgan fingerprint density at radius 1 is 1.03 bits per heavy atom. The van der Waals surface area contributed by atoms with Crippen molar-refractivity contribution in [1.82, 2.24) is 18.7 Å². The van der Waals surface area contributed by atoms with Crippen molar-refractivity contribution in [3.05, 3.63) is 86.6 Å². The molecule has 0 spiro atoms. The number of anilines is 1. The Hall–Kier alpha value is -4.14. The van der Waals surface area contributed by atoms with Crippen LogP contribution in [-0.4, -0.2) is 31.5 Å². The molecule has 4 rings (SSSR count). The number of hydrazone groups is 1. The number of methoxy groups -OCH3 is 1. The molecule has 0 aliphatic carbocycles. The van der Waals surface area contributed by atoms with Crippen LogP contribution in [0.25, 0.3) is 11.2 Å². The van der Waals surface area contributed by atoms with E-state index in [1.807, 2.05) is 54.0 Å². The van der Waals surface area contributed by atoms with Gasteiger partial charge in [-0.15, -0.1) is 0 Å². The Labute approximate surface area is 196 Å². The van der Waals surface area contributed by atoms with E-state index in [9.17, 15) is 9.59 Å². The molecule has 34 heavy (non-hydrogen) atoms. The van der Waals surface area contributed by atoms with Gasteiger partial charge >= 0.3 is 5.69 Å². The molecule has 0 bridgehead atoms. The first kappa shape index (κ1) is 23.0. The zero-order chi connectivity index (χ0) is 24.2. The normalized spacial score (nSPS) is 11.7. The highest BCUT2D eigenvalue weighted by Gasteiger charge is 2.19. The highest BCUT2D eigenvalue weighted by atomic mass is 16.5. The molecule has 0 atom stereocenters. The van der Waals surface area contributed by atoms with E-state index < -0.39 is 5.69 Å². The monoisotopic (exact) mass is 460 g/mol. The van der Waals surface area contributed by atoms with Gasteiger partial charge in [0.05, 0.1) is 12.8 Å². The molecular weight excluding hydrogens is 432 g/mol. The van der Waals surface area contributed by atoms with Crippen molar-refractivity contribution in [3.8, 4) is 5.75 Å². The summed E-state index contributed by atoms with van der Waals surface area (Å²) >= 11 is 0. The number of fused-ring (bicyclic) bond motifs is 1. The molecule has 0 fully saturated rings. The van der Waals surface area contributed by atoms with Crippen molar-refractivity contribution in [1.29, 1.82) is 0 Å². The second kappa shape index (κ2) is 9.78. The predicted octanol–water partition coefficient (Wildman–Crippen LogP) is 2.91. The van der Waals surface area contributed by atoms with Crippen LogP contribution < -0.4 is 21.4 Å². The predicted molar refractivity (Wildman–Crippen MR) is 134 cm³/mol. The van der Waals surface area contributed by atoms with Gasteiger partial charge in [-0.3, -0.25) is 13.9 Å². The van der Waals surface area contributed by atoms with Gasteiger partial charge in [0.2, 0.25) is 5.95 Å². The summed E-state index contributed by atoms with van der Waals surface area (Å²) in [4.78, 5) is 30.0. The fourth-order valence-electron chi connectivity index (χ4n) is 3.87. The first-order valence-electron chi connectivity index (χ1n) is 11.1. The molecule has 0 saturated carbocycles. The lowest BCUT2D eigenvalue weighted by Crippen LogP contribution is -2.37. The zero-order valence-corrected chi connectivity index (χ0v) is 19.8. The topological polar surface area (TPSA) is 95.4 Å². The smallest absolute Gasteiger partial charge is 0.332 e. The van der Waals surface area contributed by atoms with Crippen molar-refractivity contribution in [2.45, 2.75) is 26.3 Å². The molecule has 1 N–H and O–H groups in total. The van der Waals surface area contributed by atoms with E-state index >= 15 is 0 Å². The fourth-order valence-corrected chi connectivity index (χ4v) is 3.87. The number of benzene rings is 2. The van der Waals surface area contributed by atoms with Gasteiger partial charge < -0.3 is 9.30 Å². The van der Waals surface area contributed by atoms with Gasteiger partial charge in [-0.1, -0.05) is 30.3 Å². The molecule has 176 valence electrons. The molecule has 2 aromatic carbocycles. The summed E-state index contributed by atoms with van der Waals surface area (Å²) in [5, 5.41) is 4.49. The molecule has 0 amide bonds. The van der Waals surface area contributed by atoms with E-state index in [1.54, 1.807) is 14.2 Å². The Morgan fingerprint density at radius 3 is 2.41 bits per heavy atom. The molecule has 2 aromatic heterocycles. The lowest BCUT2D eigenvalue weighted by molar-refractivity contribution is 0.415. The van der Waals surface area contributed by atoms with Crippen LogP contribution in [0.2, 0.25) is 0 Å². The van der Waals surface area contributed by atoms with Gasteiger partial charge in [0.15, 0.2) is 11.2 Å². The summed E-state index contributed by atoms with van der Waals surface area (Å²) in [6.45, 7) is 2.42. The SMILES string of the molecule is COc1ccc(/C(C)=N/Nc2nc3c(c(=O)n(C)c(=O)n3C)n2CCCc2ccccc2)cc1. The highest BCUT2D eigenvalue weighted by Crippen LogP contribution is 2.18. The van der Waals surface area contributed by atoms with Crippen LogP contribution in [0, 0.1) is 0 Å². The number of aryl methyl sites for hydroxylation is 3. The highest BCUT2D eigenvalue weighted by molar-refractivity contribution is 5.99. The average Bonchev–Trinajstić information content (AvgIpc) is 3.24. The van der Waals surface area contributed by atoms with Crippen LogP contribution in [0.15, 0.2) is 69.3 Å². The summed E-state index contributed by atoms with van der Waals surface area (Å²) in [5.74, 6) is 1.18.